The first-order chi connectivity index (χ1) is 7.57. The Kier molecular flexibility index (Phi) is 4.64. The highest BCUT2D eigenvalue weighted by Gasteiger charge is 2.19. The van der Waals surface area contributed by atoms with Crippen molar-refractivity contribution < 1.29 is 18.8 Å². The number of carbonyl (C=O) groups is 1. The number of carboxylic acid groups (broad SMARTS) is 1. The maximum atomic E-state index is 12.0. The summed E-state index contributed by atoms with van der Waals surface area (Å²) < 4.78 is 16.9. The molecule has 0 fully saturated rings. The fourth-order valence-corrected chi connectivity index (χ4v) is 2.61. The fourth-order valence-electron chi connectivity index (χ4n) is 1.33. The molecule has 0 aliphatic rings. The number of ether oxygens (including phenoxy) is 1. The van der Waals surface area contributed by atoms with Crippen LogP contribution in [0.25, 0.3) is 0 Å². The van der Waals surface area contributed by atoms with Gasteiger partial charge in [0, 0.05) is 7.11 Å². The predicted octanol–water partition coefficient (Wildman–Crippen LogP) is 1.53. The number of hydrogen-bond acceptors (Lipinski definition) is 3. The Morgan fingerprint density at radius 3 is 2.69 bits per heavy atom. The second kappa shape index (κ2) is 5.77. The molecule has 0 saturated heterocycles. The molecular weight excluding hydrogens is 228 g/mol. The first kappa shape index (κ1) is 12.9. The van der Waals surface area contributed by atoms with Gasteiger partial charge in [-0.15, -0.1) is 0 Å². The van der Waals surface area contributed by atoms with Crippen molar-refractivity contribution in [1.29, 1.82) is 0 Å². The average molecular weight is 242 g/mol. The van der Waals surface area contributed by atoms with Crippen LogP contribution in [0.5, 0.6) is 0 Å². The summed E-state index contributed by atoms with van der Waals surface area (Å²) in [5.41, 5.74) is 0.0868. The van der Waals surface area contributed by atoms with Gasteiger partial charge >= 0.3 is 5.97 Å². The van der Waals surface area contributed by atoms with Crippen molar-refractivity contribution in [3.63, 3.8) is 0 Å². The van der Waals surface area contributed by atoms with Crippen molar-refractivity contribution in [2.75, 3.05) is 13.7 Å². The maximum Gasteiger partial charge on any atom is 0.336 e. The van der Waals surface area contributed by atoms with Crippen LogP contribution in [0.15, 0.2) is 29.2 Å². The molecule has 1 aromatic carbocycles. The van der Waals surface area contributed by atoms with E-state index in [9.17, 15) is 9.00 Å². The van der Waals surface area contributed by atoms with E-state index in [1.165, 1.54) is 13.2 Å². The van der Waals surface area contributed by atoms with E-state index < -0.39 is 16.8 Å². The minimum atomic E-state index is -1.37. The zero-order valence-corrected chi connectivity index (χ0v) is 9.99. The molecule has 0 radical (unpaired) electrons. The van der Waals surface area contributed by atoms with Crippen molar-refractivity contribution in [2.24, 2.45) is 0 Å². The molecule has 0 saturated carbocycles. The lowest BCUT2D eigenvalue weighted by molar-refractivity contribution is 0.0693. The number of aromatic carboxylic acids is 1. The number of carboxylic acids is 1. The molecule has 0 aliphatic heterocycles. The van der Waals surface area contributed by atoms with Crippen molar-refractivity contribution >= 4 is 16.8 Å². The smallest absolute Gasteiger partial charge is 0.336 e. The fraction of sp³-hybridized carbons (Fsp3) is 0.364. The summed E-state index contributed by atoms with van der Waals surface area (Å²) in [6.07, 6.45) is 0. The summed E-state index contributed by atoms with van der Waals surface area (Å²) in [7, 11) is 0.159. The minimum absolute atomic E-state index is 0.0868. The molecule has 0 aliphatic carbocycles. The van der Waals surface area contributed by atoms with Gasteiger partial charge in [0.2, 0.25) is 0 Å². The van der Waals surface area contributed by atoms with Crippen LogP contribution in [0.4, 0.5) is 0 Å². The summed E-state index contributed by atoms with van der Waals surface area (Å²) in [6, 6.07) is 6.32. The number of benzene rings is 1. The molecule has 0 heterocycles. The van der Waals surface area contributed by atoms with Gasteiger partial charge in [0.25, 0.3) is 0 Å². The predicted molar refractivity (Wildman–Crippen MR) is 61.1 cm³/mol. The standard InChI is InChI=1S/C11H14O4S/c1-8(7-15-2)16(14)10-6-4-3-5-9(10)11(12)13/h3-6,8H,7H2,1-2H3,(H,12,13). The van der Waals surface area contributed by atoms with Crippen LogP contribution >= 0.6 is 0 Å². The Morgan fingerprint density at radius 2 is 2.12 bits per heavy atom. The largest absolute Gasteiger partial charge is 0.478 e. The Bertz CT molecular complexity index is 403. The molecular formula is C11H14O4S. The molecule has 1 rings (SSSR count). The number of hydrogen-bond donors (Lipinski definition) is 1. The Labute approximate surface area is 96.7 Å². The summed E-state index contributed by atoms with van der Waals surface area (Å²) in [5.74, 6) is -1.06. The summed E-state index contributed by atoms with van der Waals surface area (Å²) in [6.45, 7) is 2.10. The molecule has 0 spiro atoms. The Hall–Kier alpha value is -1.20. The molecule has 0 bridgehead atoms. The first-order valence-corrected chi connectivity index (χ1v) is 6.01. The van der Waals surface area contributed by atoms with Gasteiger partial charge in [-0.25, -0.2) is 4.79 Å². The van der Waals surface area contributed by atoms with Crippen LogP contribution in [-0.2, 0) is 15.5 Å². The van der Waals surface area contributed by atoms with Gasteiger partial charge in [-0.1, -0.05) is 12.1 Å². The molecule has 1 aromatic rings. The highest BCUT2D eigenvalue weighted by atomic mass is 32.2. The molecule has 0 amide bonds. The summed E-state index contributed by atoms with van der Waals surface area (Å²) in [5, 5.41) is 8.73. The second-order valence-corrected chi connectivity index (χ2v) is 5.20. The van der Waals surface area contributed by atoms with Gasteiger partial charge in [0.1, 0.15) is 0 Å². The molecule has 0 aromatic heterocycles. The summed E-state index contributed by atoms with van der Waals surface area (Å²) in [4.78, 5) is 11.3. The molecule has 4 nitrogen and oxygen atoms in total. The molecule has 2 unspecified atom stereocenters. The Morgan fingerprint density at radius 1 is 1.50 bits per heavy atom. The van der Waals surface area contributed by atoms with E-state index in [-0.39, 0.29) is 10.8 Å². The zero-order chi connectivity index (χ0) is 12.1. The van der Waals surface area contributed by atoms with Gasteiger partial charge in [-0.3, -0.25) is 4.21 Å². The van der Waals surface area contributed by atoms with Crippen LogP contribution in [-0.4, -0.2) is 34.3 Å². The second-order valence-electron chi connectivity index (χ2n) is 3.36. The van der Waals surface area contributed by atoms with Gasteiger partial charge in [-0.2, -0.15) is 0 Å². The van der Waals surface area contributed by atoms with Crippen LogP contribution in [0.2, 0.25) is 0 Å². The van der Waals surface area contributed by atoms with Crippen LogP contribution < -0.4 is 0 Å². The van der Waals surface area contributed by atoms with Crippen LogP contribution in [0, 0.1) is 0 Å². The quantitative estimate of drug-likeness (QED) is 0.850. The van der Waals surface area contributed by atoms with E-state index in [1.54, 1.807) is 25.1 Å². The third kappa shape index (κ3) is 2.90. The lowest BCUT2D eigenvalue weighted by atomic mass is 10.2. The normalized spacial score (nSPS) is 14.4. The minimum Gasteiger partial charge on any atom is -0.478 e. The monoisotopic (exact) mass is 242 g/mol. The highest BCUT2D eigenvalue weighted by molar-refractivity contribution is 7.85. The van der Waals surface area contributed by atoms with Crippen LogP contribution in [0.3, 0.4) is 0 Å². The van der Waals surface area contributed by atoms with Gasteiger partial charge in [-0.05, 0) is 19.1 Å². The number of methoxy groups -OCH3 is 1. The molecule has 88 valence electrons. The SMILES string of the molecule is COCC(C)S(=O)c1ccccc1C(=O)O. The Balaban J connectivity index is 3.03. The third-order valence-electron chi connectivity index (χ3n) is 2.10. The average Bonchev–Trinajstić information content (AvgIpc) is 2.28. The molecule has 2 atom stereocenters. The van der Waals surface area contributed by atoms with E-state index in [0.717, 1.165) is 0 Å². The van der Waals surface area contributed by atoms with Crippen molar-refractivity contribution in [2.45, 2.75) is 17.1 Å². The molecule has 16 heavy (non-hydrogen) atoms. The van der Waals surface area contributed by atoms with Crippen molar-refractivity contribution in [3.05, 3.63) is 29.8 Å². The lowest BCUT2D eigenvalue weighted by Gasteiger charge is -2.11. The maximum absolute atomic E-state index is 12.0. The third-order valence-corrected chi connectivity index (χ3v) is 3.76. The van der Waals surface area contributed by atoms with Crippen molar-refractivity contribution in [3.8, 4) is 0 Å². The topological polar surface area (TPSA) is 63.6 Å². The molecule has 1 N–H and O–H groups in total. The van der Waals surface area contributed by atoms with E-state index in [0.29, 0.717) is 11.5 Å². The summed E-state index contributed by atoms with van der Waals surface area (Å²) >= 11 is 0. The highest BCUT2D eigenvalue weighted by Crippen LogP contribution is 2.17. The van der Waals surface area contributed by atoms with Crippen LogP contribution in [0.1, 0.15) is 17.3 Å². The van der Waals surface area contributed by atoms with Gasteiger partial charge in [0.05, 0.1) is 33.1 Å². The van der Waals surface area contributed by atoms with E-state index in [1.807, 2.05) is 0 Å². The zero-order valence-electron chi connectivity index (χ0n) is 9.17. The first-order valence-electron chi connectivity index (χ1n) is 4.79. The van der Waals surface area contributed by atoms with Gasteiger partial charge in [0.15, 0.2) is 0 Å². The van der Waals surface area contributed by atoms with E-state index in [2.05, 4.69) is 0 Å². The van der Waals surface area contributed by atoms with E-state index in [4.69, 9.17) is 9.84 Å². The number of rotatable bonds is 5. The lowest BCUT2D eigenvalue weighted by Crippen LogP contribution is -2.19. The van der Waals surface area contributed by atoms with Gasteiger partial charge < -0.3 is 9.84 Å². The van der Waals surface area contributed by atoms with Crippen molar-refractivity contribution in [1.82, 2.24) is 0 Å². The molecule has 5 heteroatoms. The van der Waals surface area contributed by atoms with E-state index >= 15 is 0 Å².